The number of rotatable bonds is 6. The molecule has 5 nitrogen and oxygen atoms in total. The van der Waals surface area contributed by atoms with E-state index in [2.05, 4.69) is 18.6 Å². The molecule has 1 amide bonds. The predicted octanol–water partition coefficient (Wildman–Crippen LogP) is 2.59. The minimum atomic E-state index is -3.70. The van der Waals surface area contributed by atoms with Crippen molar-refractivity contribution in [2.75, 3.05) is 0 Å². The van der Waals surface area contributed by atoms with Gasteiger partial charge >= 0.3 is 0 Å². The number of nitrogens with one attached hydrogen (secondary N) is 1. The van der Waals surface area contributed by atoms with Crippen molar-refractivity contribution in [3.63, 3.8) is 0 Å². The van der Waals surface area contributed by atoms with E-state index in [0.717, 1.165) is 5.56 Å². The van der Waals surface area contributed by atoms with Crippen molar-refractivity contribution in [1.82, 2.24) is 4.72 Å². The molecule has 0 aliphatic carbocycles. The molecule has 118 valence electrons. The monoisotopic (exact) mass is 321 g/mol. The number of sulfonamides is 1. The highest BCUT2D eigenvalue weighted by molar-refractivity contribution is 7.89. The van der Waals surface area contributed by atoms with Gasteiger partial charge in [-0.2, -0.15) is 0 Å². The lowest BCUT2D eigenvalue weighted by molar-refractivity contribution is -0.118. The number of hydrogen-bond acceptors (Lipinski definition) is 4. The normalized spacial score (nSPS) is 11.6. The van der Waals surface area contributed by atoms with Crippen LogP contribution in [0.3, 0.4) is 0 Å². The summed E-state index contributed by atoms with van der Waals surface area (Å²) in [7, 11) is -3.70. The van der Waals surface area contributed by atoms with Crippen LogP contribution in [-0.4, -0.2) is 14.3 Å². The quantitative estimate of drug-likeness (QED) is 0.887. The zero-order valence-corrected chi connectivity index (χ0v) is 13.4. The first-order chi connectivity index (χ1) is 10.4. The summed E-state index contributed by atoms with van der Waals surface area (Å²) >= 11 is 0. The molecule has 0 saturated carbocycles. The Labute approximate surface area is 130 Å². The minimum absolute atomic E-state index is 0.0258. The summed E-state index contributed by atoms with van der Waals surface area (Å²) in [6, 6.07) is 8.98. The average Bonchev–Trinajstić information content (AvgIpc) is 2.90. The third-order valence-corrected chi connectivity index (χ3v) is 4.47. The van der Waals surface area contributed by atoms with E-state index < -0.39 is 15.9 Å². The highest BCUT2D eigenvalue weighted by Gasteiger charge is 2.16. The molecule has 22 heavy (non-hydrogen) atoms. The first-order valence-electron chi connectivity index (χ1n) is 6.99. The van der Waals surface area contributed by atoms with Crippen molar-refractivity contribution in [1.29, 1.82) is 0 Å². The number of carbonyl (C=O) groups excluding carboxylic acids is 1. The summed E-state index contributed by atoms with van der Waals surface area (Å²) in [5, 5.41) is 0. The van der Waals surface area contributed by atoms with Gasteiger partial charge < -0.3 is 4.42 Å². The SMILES string of the molecule is CC(C)c1ccc(CS(=O)(=O)NC(=O)Cc2ccoc2)cc1. The van der Waals surface area contributed by atoms with Crippen LogP contribution in [0.5, 0.6) is 0 Å². The van der Waals surface area contributed by atoms with Gasteiger partial charge in [0.25, 0.3) is 0 Å². The van der Waals surface area contributed by atoms with E-state index in [-0.39, 0.29) is 12.2 Å². The van der Waals surface area contributed by atoms with Gasteiger partial charge in [-0.05, 0) is 28.7 Å². The molecule has 0 unspecified atom stereocenters. The maximum absolute atomic E-state index is 12.0. The molecule has 0 aliphatic heterocycles. The molecule has 0 fully saturated rings. The third-order valence-electron chi connectivity index (χ3n) is 3.22. The van der Waals surface area contributed by atoms with Gasteiger partial charge in [0.1, 0.15) is 0 Å². The Morgan fingerprint density at radius 2 is 1.82 bits per heavy atom. The average molecular weight is 321 g/mol. The van der Waals surface area contributed by atoms with Crippen molar-refractivity contribution in [2.24, 2.45) is 0 Å². The summed E-state index contributed by atoms with van der Waals surface area (Å²) in [6.07, 6.45) is 2.83. The Kier molecular flexibility index (Phi) is 5.03. The Bertz CT molecular complexity index is 716. The van der Waals surface area contributed by atoms with Crippen LogP contribution in [-0.2, 0) is 27.0 Å². The Morgan fingerprint density at radius 3 is 2.36 bits per heavy atom. The van der Waals surface area contributed by atoms with E-state index in [1.807, 2.05) is 12.1 Å². The number of hydrogen-bond donors (Lipinski definition) is 1. The Hall–Kier alpha value is -2.08. The molecule has 1 aromatic heterocycles. The van der Waals surface area contributed by atoms with Gasteiger partial charge in [0.2, 0.25) is 15.9 Å². The molecule has 0 saturated heterocycles. The van der Waals surface area contributed by atoms with Crippen LogP contribution in [0.4, 0.5) is 0 Å². The minimum Gasteiger partial charge on any atom is -0.472 e. The first-order valence-corrected chi connectivity index (χ1v) is 8.64. The number of benzene rings is 1. The molecular weight excluding hydrogens is 302 g/mol. The smallest absolute Gasteiger partial charge is 0.239 e. The third kappa shape index (κ3) is 4.73. The zero-order valence-electron chi connectivity index (χ0n) is 12.6. The van der Waals surface area contributed by atoms with E-state index in [1.165, 1.54) is 12.5 Å². The van der Waals surface area contributed by atoms with Crippen LogP contribution in [0.15, 0.2) is 47.3 Å². The summed E-state index contributed by atoms with van der Waals surface area (Å²) in [5.74, 6) is -0.400. The lowest BCUT2D eigenvalue weighted by Crippen LogP contribution is -2.32. The Morgan fingerprint density at radius 1 is 1.14 bits per heavy atom. The summed E-state index contributed by atoms with van der Waals surface area (Å²) in [6.45, 7) is 4.14. The molecule has 0 bridgehead atoms. The van der Waals surface area contributed by atoms with Gasteiger partial charge in [0, 0.05) is 0 Å². The molecule has 0 atom stereocenters. The molecule has 1 heterocycles. The van der Waals surface area contributed by atoms with Gasteiger partial charge in [0.15, 0.2) is 0 Å². The maximum Gasteiger partial charge on any atom is 0.239 e. The highest BCUT2D eigenvalue weighted by atomic mass is 32.2. The van der Waals surface area contributed by atoms with Crippen LogP contribution in [0, 0.1) is 0 Å². The molecular formula is C16H19NO4S. The number of carbonyl (C=O) groups is 1. The second-order valence-electron chi connectivity index (χ2n) is 5.49. The van der Waals surface area contributed by atoms with Crippen LogP contribution in [0.2, 0.25) is 0 Å². The number of amides is 1. The fraction of sp³-hybridized carbons (Fsp3) is 0.312. The zero-order chi connectivity index (χ0) is 16.2. The van der Waals surface area contributed by atoms with Gasteiger partial charge in [0.05, 0.1) is 24.7 Å². The largest absolute Gasteiger partial charge is 0.472 e. The maximum atomic E-state index is 12.0. The summed E-state index contributed by atoms with van der Waals surface area (Å²) < 4.78 is 30.9. The van der Waals surface area contributed by atoms with Crippen LogP contribution in [0.25, 0.3) is 0 Å². The van der Waals surface area contributed by atoms with Crippen molar-refractivity contribution in [2.45, 2.75) is 31.9 Å². The van der Waals surface area contributed by atoms with E-state index in [9.17, 15) is 13.2 Å². The molecule has 6 heteroatoms. The molecule has 2 aromatic rings. The fourth-order valence-corrected chi connectivity index (χ4v) is 3.16. The first kappa shape index (κ1) is 16.3. The second-order valence-corrected chi connectivity index (χ2v) is 7.21. The van der Waals surface area contributed by atoms with Crippen molar-refractivity contribution in [3.8, 4) is 0 Å². The molecule has 2 rings (SSSR count). The Balaban J connectivity index is 1.97. The summed E-state index contributed by atoms with van der Waals surface area (Å²) in [5.41, 5.74) is 2.42. The van der Waals surface area contributed by atoms with Crippen molar-refractivity contribution >= 4 is 15.9 Å². The predicted molar refractivity (Wildman–Crippen MR) is 83.7 cm³/mol. The molecule has 0 spiro atoms. The molecule has 0 aliphatic rings. The van der Waals surface area contributed by atoms with E-state index in [4.69, 9.17) is 4.42 Å². The van der Waals surface area contributed by atoms with Crippen LogP contribution in [0.1, 0.15) is 36.5 Å². The van der Waals surface area contributed by atoms with Crippen LogP contribution < -0.4 is 4.72 Å². The molecule has 1 aromatic carbocycles. The van der Waals surface area contributed by atoms with Crippen molar-refractivity contribution in [3.05, 3.63) is 59.5 Å². The summed E-state index contributed by atoms with van der Waals surface area (Å²) in [4.78, 5) is 11.7. The standard InChI is InChI=1S/C16H19NO4S/c1-12(2)15-5-3-13(4-6-15)11-22(19,20)17-16(18)9-14-7-8-21-10-14/h3-8,10,12H,9,11H2,1-2H3,(H,17,18). The van der Waals surface area contributed by atoms with Gasteiger partial charge in [-0.15, -0.1) is 0 Å². The molecule has 1 N–H and O–H groups in total. The van der Waals surface area contributed by atoms with E-state index in [1.54, 1.807) is 18.2 Å². The van der Waals surface area contributed by atoms with E-state index in [0.29, 0.717) is 17.0 Å². The number of furan rings is 1. The topological polar surface area (TPSA) is 76.4 Å². The second kappa shape index (κ2) is 6.79. The van der Waals surface area contributed by atoms with Gasteiger partial charge in [-0.25, -0.2) is 8.42 Å². The van der Waals surface area contributed by atoms with Gasteiger partial charge in [-0.3, -0.25) is 9.52 Å². The van der Waals surface area contributed by atoms with Crippen molar-refractivity contribution < 1.29 is 17.6 Å². The lowest BCUT2D eigenvalue weighted by Gasteiger charge is -2.08. The fourth-order valence-electron chi connectivity index (χ4n) is 2.04. The van der Waals surface area contributed by atoms with E-state index >= 15 is 0 Å². The lowest BCUT2D eigenvalue weighted by atomic mass is 10.0. The van der Waals surface area contributed by atoms with Gasteiger partial charge in [-0.1, -0.05) is 38.1 Å². The highest BCUT2D eigenvalue weighted by Crippen LogP contribution is 2.15. The van der Waals surface area contributed by atoms with Crippen LogP contribution >= 0.6 is 0 Å². The molecule has 0 radical (unpaired) electrons.